The summed E-state index contributed by atoms with van der Waals surface area (Å²) in [6.07, 6.45) is 2.26. The standard InChI is InChI=1S/C11H14N2O6S/c1-18-11(15)7(5-6-20-2)12-10(14)8-3-4-9(19-8)13(16)17/h3-4,7H,5-6H2,1-2H3,(H,12,14)/t7-/m0/s1. The second-order valence-corrected chi connectivity index (χ2v) is 4.71. The summed E-state index contributed by atoms with van der Waals surface area (Å²) >= 11 is 1.52. The maximum atomic E-state index is 11.8. The third-order valence-electron chi connectivity index (χ3n) is 2.40. The lowest BCUT2D eigenvalue weighted by Gasteiger charge is -2.14. The highest BCUT2D eigenvalue weighted by molar-refractivity contribution is 7.98. The minimum Gasteiger partial charge on any atom is -0.467 e. The van der Waals surface area contributed by atoms with Crippen LogP contribution in [-0.4, -0.2) is 42.0 Å². The lowest BCUT2D eigenvalue weighted by molar-refractivity contribution is -0.402. The molecule has 0 saturated heterocycles. The normalized spacial score (nSPS) is 11.7. The van der Waals surface area contributed by atoms with Crippen LogP contribution in [-0.2, 0) is 9.53 Å². The number of carbonyl (C=O) groups excluding carboxylic acids is 2. The number of amides is 1. The Balaban J connectivity index is 2.73. The molecule has 8 nitrogen and oxygen atoms in total. The molecule has 0 fully saturated rings. The Morgan fingerprint density at radius 1 is 1.55 bits per heavy atom. The topological polar surface area (TPSA) is 112 Å². The van der Waals surface area contributed by atoms with Crippen LogP contribution in [0.25, 0.3) is 0 Å². The van der Waals surface area contributed by atoms with Crippen molar-refractivity contribution in [2.24, 2.45) is 0 Å². The van der Waals surface area contributed by atoms with E-state index in [4.69, 9.17) is 4.42 Å². The van der Waals surface area contributed by atoms with E-state index in [0.29, 0.717) is 12.2 Å². The molecule has 20 heavy (non-hydrogen) atoms. The second-order valence-electron chi connectivity index (χ2n) is 3.73. The van der Waals surface area contributed by atoms with Crippen molar-refractivity contribution in [2.45, 2.75) is 12.5 Å². The van der Waals surface area contributed by atoms with E-state index < -0.39 is 28.7 Å². The first-order chi connectivity index (χ1) is 9.49. The number of furan rings is 1. The lowest BCUT2D eigenvalue weighted by atomic mass is 10.2. The number of hydrogen-bond donors (Lipinski definition) is 1. The van der Waals surface area contributed by atoms with Gasteiger partial charge in [-0.25, -0.2) is 4.79 Å². The monoisotopic (exact) mass is 302 g/mol. The largest absolute Gasteiger partial charge is 0.467 e. The van der Waals surface area contributed by atoms with Crippen molar-refractivity contribution in [1.82, 2.24) is 5.32 Å². The van der Waals surface area contributed by atoms with E-state index >= 15 is 0 Å². The predicted molar refractivity (Wildman–Crippen MR) is 71.6 cm³/mol. The quantitative estimate of drug-likeness (QED) is 0.457. The van der Waals surface area contributed by atoms with Gasteiger partial charge in [-0.05, 0) is 24.5 Å². The highest BCUT2D eigenvalue weighted by atomic mass is 32.2. The molecule has 9 heteroatoms. The van der Waals surface area contributed by atoms with E-state index in [9.17, 15) is 19.7 Å². The fourth-order valence-corrected chi connectivity index (χ4v) is 1.88. The van der Waals surface area contributed by atoms with Gasteiger partial charge < -0.3 is 14.5 Å². The molecule has 0 spiro atoms. The SMILES string of the molecule is COC(=O)[C@H](CCSC)NC(=O)c1ccc([N+](=O)[O-])o1. The number of hydrogen-bond acceptors (Lipinski definition) is 7. The molecule has 0 unspecified atom stereocenters. The maximum Gasteiger partial charge on any atom is 0.433 e. The summed E-state index contributed by atoms with van der Waals surface area (Å²) in [5.74, 6) is -1.38. The smallest absolute Gasteiger partial charge is 0.433 e. The number of nitrogens with zero attached hydrogens (tertiary/aromatic N) is 1. The minimum atomic E-state index is -0.816. The Morgan fingerprint density at radius 3 is 2.75 bits per heavy atom. The molecule has 0 bridgehead atoms. The number of nitrogens with one attached hydrogen (secondary N) is 1. The highest BCUT2D eigenvalue weighted by Gasteiger charge is 2.24. The van der Waals surface area contributed by atoms with Crippen LogP contribution in [0.5, 0.6) is 0 Å². The fraction of sp³-hybridized carbons (Fsp3) is 0.455. The summed E-state index contributed by atoms with van der Waals surface area (Å²) in [5.41, 5.74) is 0. The Labute approximate surface area is 119 Å². The second kappa shape index (κ2) is 7.53. The van der Waals surface area contributed by atoms with E-state index in [2.05, 4.69) is 10.1 Å². The van der Waals surface area contributed by atoms with Crippen LogP contribution in [0.4, 0.5) is 5.88 Å². The third kappa shape index (κ3) is 4.26. The molecule has 0 aliphatic carbocycles. The first-order valence-electron chi connectivity index (χ1n) is 5.61. The van der Waals surface area contributed by atoms with Gasteiger partial charge >= 0.3 is 11.9 Å². The molecule has 0 aromatic carbocycles. The van der Waals surface area contributed by atoms with Crippen molar-refractivity contribution in [3.05, 3.63) is 28.0 Å². The van der Waals surface area contributed by atoms with E-state index in [1.165, 1.54) is 24.9 Å². The number of ether oxygens (including phenoxy) is 1. The van der Waals surface area contributed by atoms with Crippen molar-refractivity contribution < 1.29 is 23.7 Å². The Kier molecular flexibility index (Phi) is 6.04. The molecule has 1 N–H and O–H groups in total. The maximum absolute atomic E-state index is 11.8. The zero-order valence-electron chi connectivity index (χ0n) is 11.0. The molecule has 0 saturated carbocycles. The van der Waals surface area contributed by atoms with E-state index in [-0.39, 0.29) is 5.76 Å². The van der Waals surface area contributed by atoms with Gasteiger partial charge in [0.1, 0.15) is 11.0 Å². The van der Waals surface area contributed by atoms with Gasteiger partial charge in [-0.3, -0.25) is 14.9 Å². The van der Waals surface area contributed by atoms with Gasteiger partial charge in [0.2, 0.25) is 0 Å². The summed E-state index contributed by atoms with van der Waals surface area (Å²) < 4.78 is 9.34. The minimum absolute atomic E-state index is 0.227. The summed E-state index contributed by atoms with van der Waals surface area (Å²) in [6, 6.07) is 1.43. The van der Waals surface area contributed by atoms with Gasteiger partial charge in [0.05, 0.1) is 13.2 Å². The van der Waals surface area contributed by atoms with Gasteiger partial charge in [-0.1, -0.05) is 0 Å². The number of carbonyl (C=O) groups is 2. The molecule has 110 valence electrons. The number of nitro groups is 1. The number of esters is 1. The van der Waals surface area contributed by atoms with Crippen LogP contribution in [0.15, 0.2) is 16.5 Å². The molecule has 0 aliphatic heterocycles. The van der Waals surface area contributed by atoms with E-state index in [1.807, 2.05) is 6.26 Å². The number of thioether (sulfide) groups is 1. The van der Waals surface area contributed by atoms with Crippen LogP contribution >= 0.6 is 11.8 Å². The van der Waals surface area contributed by atoms with Crippen LogP contribution in [0.3, 0.4) is 0 Å². The average Bonchev–Trinajstić information content (AvgIpc) is 2.92. The van der Waals surface area contributed by atoms with Crippen LogP contribution < -0.4 is 5.32 Å². The molecule has 1 aromatic rings. The molecule has 1 aromatic heterocycles. The predicted octanol–water partition coefficient (Wildman–Crippen LogP) is 1.21. The molecular weight excluding hydrogens is 288 g/mol. The fourth-order valence-electron chi connectivity index (χ4n) is 1.40. The Hall–Kier alpha value is -2.03. The summed E-state index contributed by atoms with van der Waals surface area (Å²) in [6.45, 7) is 0. The van der Waals surface area contributed by atoms with Gasteiger partial charge in [-0.2, -0.15) is 11.8 Å². The highest BCUT2D eigenvalue weighted by Crippen LogP contribution is 2.15. The van der Waals surface area contributed by atoms with E-state index in [1.54, 1.807) is 0 Å². The third-order valence-corrected chi connectivity index (χ3v) is 3.04. The van der Waals surface area contributed by atoms with Crippen molar-refractivity contribution in [3.8, 4) is 0 Å². The van der Waals surface area contributed by atoms with Crippen molar-refractivity contribution >= 4 is 29.5 Å². The zero-order chi connectivity index (χ0) is 15.1. The van der Waals surface area contributed by atoms with Crippen LogP contribution in [0.2, 0.25) is 0 Å². The molecule has 1 amide bonds. The van der Waals surface area contributed by atoms with Gasteiger partial charge in [0, 0.05) is 0 Å². The summed E-state index contributed by atoms with van der Waals surface area (Å²) in [5, 5.41) is 12.9. The average molecular weight is 302 g/mol. The molecule has 0 aliphatic rings. The van der Waals surface area contributed by atoms with Gasteiger partial charge in [-0.15, -0.1) is 0 Å². The molecule has 1 heterocycles. The lowest BCUT2D eigenvalue weighted by Crippen LogP contribution is -2.41. The van der Waals surface area contributed by atoms with Crippen molar-refractivity contribution in [1.29, 1.82) is 0 Å². The number of rotatable bonds is 7. The summed E-state index contributed by atoms with van der Waals surface area (Å²) in [7, 11) is 1.22. The molecule has 0 radical (unpaired) electrons. The first-order valence-corrected chi connectivity index (χ1v) is 7.00. The van der Waals surface area contributed by atoms with Crippen molar-refractivity contribution in [3.63, 3.8) is 0 Å². The van der Waals surface area contributed by atoms with Crippen LogP contribution in [0, 0.1) is 10.1 Å². The number of methoxy groups -OCH3 is 1. The van der Waals surface area contributed by atoms with E-state index in [0.717, 1.165) is 6.07 Å². The Bertz CT molecular complexity index is 501. The van der Waals surface area contributed by atoms with Crippen molar-refractivity contribution in [2.75, 3.05) is 19.1 Å². The van der Waals surface area contributed by atoms with Gasteiger partial charge in [0.25, 0.3) is 5.91 Å². The molecule has 1 atom stereocenters. The van der Waals surface area contributed by atoms with Gasteiger partial charge in [0.15, 0.2) is 5.76 Å². The molecular formula is C11H14N2O6S. The Morgan fingerprint density at radius 2 is 2.25 bits per heavy atom. The first kappa shape index (κ1) is 16.0. The zero-order valence-corrected chi connectivity index (χ0v) is 11.8. The summed E-state index contributed by atoms with van der Waals surface area (Å²) in [4.78, 5) is 33.1. The molecule has 1 rings (SSSR count). The van der Waals surface area contributed by atoms with Crippen LogP contribution in [0.1, 0.15) is 17.0 Å².